The van der Waals surface area contributed by atoms with Crippen LogP contribution in [-0.2, 0) is 12.6 Å². The highest BCUT2D eigenvalue weighted by Gasteiger charge is 2.30. The topological polar surface area (TPSA) is 38.4 Å². The van der Waals surface area contributed by atoms with E-state index in [0.717, 1.165) is 18.6 Å². The number of hydrogen-bond acceptors (Lipinski definition) is 1. The van der Waals surface area contributed by atoms with Crippen LogP contribution in [0.5, 0.6) is 0 Å². The minimum Gasteiger partial charge on any atom is -0.387 e. The van der Waals surface area contributed by atoms with E-state index in [9.17, 15) is 13.2 Å². The zero-order chi connectivity index (χ0) is 12.9. The Bertz CT molecular complexity index is 397. The molecule has 0 unspecified atom stereocenters. The van der Waals surface area contributed by atoms with Gasteiger partial charge in [0.1, 0.15) is 0 Å². The lowest BCUT2D eigenvalue weighted by atomic mass is 10.1. The van der Waals surface area contributed by atoms with Crippen molar-refractivity contribution in [3.63, 3.8) is 0 Å². The van der Waals surface area contributed by atoms with E-state index in [0.29, 0.717) is 17.9 Å². The summed E-state index contributed by atoms with van der Waals surface area (Å²) in [7, 11) is 0. The monoisotopic (exact) mass is 244 g/mol. The van der Waals surface area contributed by atoms with Crippen LogP contribution in [0, 0.1) is 0 Å². The zero-order valence-electron chi connectivity index (χ0n) is 9.59. The maximum atomic E-state index is 12.4. The highest BCUT2D eigenvalue weighted by atomic mass is 19.4. The van der Waals surface area contributed by atoms with Crippen molar-refractivity contribution in [2.24, 2.45) is 10.7 Å². The van der Waals surface area contributed by atoms with Gasteiger partial charge in [-0.2, -0.15) is 13.2 Å². The van der Waals surface area contributed by atoms with Crippen LogP contribution in [0.15, 0.2) is 29.3 Å². The third-order valence-corrected chi connectivity index (χ3v) is 2.18. The molecule has 0 aliphatic rings. The Morgan fingerprint density at radius 2 is 2.06 bits per heavy atom. The van der Waals surface area contributed by atoms with Crippen LogP contribution in [0.4, 0.5) is 13.2 Å². The van der Waals surface area contributed by atoms with Gasteiger partial charge in [-0.05, 0) is 18.1 Å². The number of amidine groups is 1. The molecule has 0 atom stereocenters. The van der Waals surface area contributed by atoms with E-state index in [-0.39, 0.29) is 6.42 Å². The number of halogens is 3. The highest BCUT2D eigenvalue weighted by molar-refractivity contribution is 5.82. The van der Waals surface area contributed by atoms with Gasteiger partial charge in [0.25, 0.3) is 0 Å². The SMILES string of the molecule is CCCN=C(N)Cc1cccc(C(F)(F)F)c1. The average Bonchev–Trinajstić information content (AvgIpc) is 2.25. The minimum atomic E-state index is -4.31. The Balaban J connectivity index is 2.79. The summed E-state index contributed by atoms with van der Waals surface area (Å²) < 4.78 is 37.3. The number of nitrogens with zero attached hydrogens (tertiary/aromatic N) is 1. The third kappa shape index (κ3) is 4.46. The number of rotatable bonds is 4. The first-order chi connectivity index (χ1) is 7.93. The fraction of sp³-hybridized carbons (Fsp3) is 0.417. The van der Waals surface area contributed by atoms with Gasteiger partial charge < -0.3 is 5.73 Å². The molecule has 0 aliphatic carbocycles. The Morgan fingerprint density at radius 3 is 2.65 bits per heavy atom. The van der Waals surface area contributed by atoms with Gasteiger partial charge in [-0.1, -0.05) is 25.1 Å². The largest absolute Gasteiger partial charge is 0.416 e. The molecule has 0 fully saturated rings. The Hall–Kier alpha value is -1.52. The second-order valence-corrected chi connectivity index (χ2v) is 3.75. The smallest absolute Gasteiger partial charge is 0.387 e. The molecule has 0 bridgehead atoms. The van der Waals surface area contributed by atoms with Crippen LogP contribution >= 0.6 is 0 Å². The first kappa shape index (κ1) is 13.5. The molecule has 0 aromatic heterocycles. The van der Waals surface area contributed by atoms with Gasteiger partial charge in [-0.25, -0.2) is 0 Å². The number of hydrogen-bond donors (Lipinski definition) is 1. The minimum absolute atomic E-state index is 0.254. The standard InChI is InChI=1S/C12H15F3N2/c1-2-6-17-11(16)8-9-4-3-5-10(7-9)12(13,14)15/h3-5,7H,2,6,8H2,1H3,(H2,16,17). The first-order valence-corrected chi connectivity index (χ1v) is 5.38. The Morgan fingerprint density at radius 1 is 1.35 bits per heavy atom. The molecule has 1 rings (SSSR count). The van der Waals surface area contributed by atoms with Gasteiger partial charge in [0.05, 0.1) is 11.4 Å². The second kappa shape index (κ2) is 5.70. The molecule has 0 heterocycles. The molecule has 94 valence electrons. The van der Waals surface area contributed by atoms with Crippen LogP contribution in [0.3, 0.4) is 0 Å². The van der Waals surface area contributed by atoms with Crippen molar-refractivity contribution in [3.8, 4) is 0 Å². The van der Waals surface area contributed by atoms with Crippen molar-refractivity contribution >= 4 is 5.84 Å². The van der Waals surface area contributed by atoms with E-state index in [1.807, 2.05) is 6.92 Å². The third-order valence-electron chi connectivity index (χ3n) is 2.18. The number of benzene rings is 1. The second-order valence-electron chi connectivity index (χ2n) is 3.75. The molecule has 1 aromatic carbocycles. The van der Waals surface area contributed by atoms with Crippen molar-refractivity contribution < 1.29 is 13.2 Å². The van der Waals surface area contributed by atoms with E-state index < -0.39 is 11.7 Å². The number of nitrogens with two attached hydrogens (primary N) is 1. The summed E-state index contributed by atoms with van der Waals surface area (Å²) in [5, 5.41) is 0. The van der Waals surface area contributed by atoms with Crippen molar-refractivity contribution in [1.29, 1.82) is 0 Å². The van der Waals surface area contributed by atoms with Gasteiger partial charge in [-0.3, -0.25) is 4.99 Å². The molecule has 0 amide bonds. The predicted octanol–water partition coefficient (Wildman–Crippen LogP) is 3.02. The highest BCUT2D eigenvalue weighted by Crippen LogP contribution is 2.29. The molecule has 2 nitrogen and oxygen atoms in total. The molecule has 0 aliphatic heterocycles. The summed E-state index contributed by atoms with van der Waals surface area (Å²) in [4.78, 5) is 4.04. The summed E-state index contributed by atoms with van der Waals surface area (Å²) in [6.45, 7) is 2.56. The van der Waals surface area contributed by atoms with Crippen LogP contribution in [0.1, 0.15) is 24.5 Å². The normalized spacial score (nSPS) is 12.8. The molecule has 0 spiro atoms. The molecular weight excluding hydrogens is 229 g/mol. The quantitative estimate of drug-likeness (QED) is 0.641. The van der Waals surface area contributed by atoms with Gasteiger partial charge in [-0.15, -0.1) is 0 Å². The lowest BCUT2D eigenvalue weighted by Gasteiger charge is -2.08. The van der Waals surface area contributed by atoms with E-state index in [1.54, 1.807) is 6.07 Å². The maximum Gasteiger partial charge on any atom is 0.416 e. The molecule has 1 aromatic rings. The molecule has 2 N–H and O–H groups in total. The van der Waals surface area contributed by atoms with E-state index in [2.05, 4.69) is 4.99 Å². The van der Waals surface area contributed by atoms with E-state index >= 15 is 0 Å². The van der Waals surface area contributed by atoms with Crippen molar-refractivity contribution in [2.45, 2.75) is 25.9 Å². The number of aliphatic imine (C=N–C) groups is 1. The first-order valence-electron chi connectivity index (χ1n) is 5.38. The fourth-order valence-corrected chi connectivity index (χ4v) is 1.38. The molecule has 17 heavy (non-hydrogen) atoms. The molecule has 0 saturated heterocycles. The lowest BCUT2D eigenvalue weighted by Crippen LogP contribution is -2.16. The van der Waals surface area contributed by atoms with Crippen molar-refractivity contribution in [3.05, 3.63) is 35.4 Å². The Labute approximate surface area is 98.4 Å². The lowest BCUT2D eigenvalue weighted by molar-refractivity contribution is -0.137. The van der Waals surface area contributed by atoms with Crippen LogP contribution in [0.2, 0.25) is 0 Å². The summed E-state index contributed by atoms with van der Waals surface area (Å²) in [5.74, 6) is 0.367. The molecular formula is C12H15F3N2. The molecule has 5 heteroatoms. The number of alkyl halides is 3. The summed E-state index contributed by atoms with van der Waals surface area (Å²) >= 11 is 0. The van der Waals surface area contributed by atoms with Gasteiger partial charge in [0, 0.05) is 13.0 Å². The van der Waals surface area contributed by atoms with Gasteiger partial charge in [0.15, 0.2) is 0 Å². The fourth-order valence-electron chi connectivity index (χ4n) is 1.38. The zero-order valence-corrected chi connectivity index (χ0v) is 9.59. The maximum absolute atomic E-state index is 12.4. The predicted molar refractivity (Wildman–Crippen MR) is 61.9 cm³/mol. The van der Waals surface area contributed by atoms with Crippen molar-refractivity contribution in [2.75, 3.05) is 6.54 Å². The molecule has 0 radical (unpaired) electrons. The van der Waals surface area contributed by atoms with Gasteiger partial charge in [0.2, 0.25) is 0 Å². The van der Waals surface area contributed by atoms with E-state index in [4.69, 9.17) is 5.73 Å². The van der Waals surface area contributed by atoms with Crippen LogP contribution in [0.25, 0.3) is 0 Å². The van der Waals surface area contributed by atoms with Crippen LogP contribution in [-0.4, -0.2) is 12.4 Å². The summed E-state index contributed by atoms with van der Waals surface area (Å²) in [5.41, 5.74) is 5.49. The summed E-state index contributed by atoms with van der Waals surface area (Å²) in [6.07, 6.45) is -3.20. The Kier molecular flexibility index (Phi) is 4.54. The van der Waals surface area contributed by atoms with E-state index in [1.165, 1.54) is 6.07 Å². The summed E-state index contributed by atoms with van der Waals surface area (Å²) in [6, 6.07) is 5.14. The average molecular weight is 244 g/mol. The molecule has 0 saturated carbocycles. The van der Waals surface area contributed by atoms with Crippen LogP contribution < -0.4 is 5.73 Å². The van der Waals surface area contributed by atoms with Crippen molar-refractivity contribution in [1.82, 2.24) is 0 Å². The van der Waals surface area contributed by atoms with Gasteiger partial charge >= 0.3 is 6.18 Å².